The van der Waals surface area contributed by atoms with Gasteiger partial charge in [0, 0.05) is 30.1 Å². The summed E-state index contributed by atoms with van der Waals surface area (Å²) < 4.78 is 7.23. The molecule has 158 valence electrons. The van der Waals surface area contributed by atoms with E-state index in [1.54, 1.807) is 16.8 Å². The Hall–Kier alpha value is -3.99. The van der Waals surface area contributed by atoms with Crippen LogP contribution < -0.4 is 5.56 Å². The zero-order valence-corrected chi connectivity index (χ0v) is 17.5. The maximum atomic E-state index is 13.5. The lowest BCUT2D eigenvalue weighted by Gasteiger charge is -2.18. The number of carbonyl (C=O) groups excluding carboxylic acids is 1. The first-order valence-corrected chi connectivity index (χ1v) is 10.7. The number of carbonyl (C=O) groups is 1. The number of fused-ring (bicyclic) bond motifs is 3. The molecule has 0 saturated carbocycles. The van der Waals surface area contributed by atoms with Crippen molar-refractivity contribution < 1.29 is 9.53 Å². The third-order valence-electron chi connectivity index (χ3n) is 5.80. The van der Waals surface area contributed by atoms with Crippen LogP contribution >= 0.6 is 0 Å². The molecule has 0 unspecified atom stereocenters. The molecule has 0 aliphatic carbocycles. The summed E-state index contributed by atoms with van der Waals surface area (Å²) in [7, 11) is 0. The number of aryl methyl sites for hydroxylation is 1. The highest BCUT2D eigenvalue weighted by atomic mass is 16.5. The molecule has 0 spiro atoms. The van der Waals surface area contributed by atoms with E-state index < -0.39 is 5.97 Å². The fourth-order valence-corrected chi connectivity index (χ4v) is 4.24. The predicted molar refractivity (Wildman–Crippen MR) is 123 cm³/mol. The Morgan fingerprint density at radius 3 is 2.50 bits per heavy atom. The van der Waals surface area contributed by atoms with Gasteiger partial charge >= 0.3 is 5.97 Å². The predicted octanol–water partition coefficient (Wildman–Crippen LogP) is 4.88. The molecule has 1 aliphatic heterocycles. The Morgan fingerprint density at radius 1 is 0.969 bits per heavy atom. The summed E-state index contributed by atoms with van der Waals surface area (Å²) in [5.41, 5.74) is 5.26. The molecule has 0 N–H and O–H groups in total. The van der Waals surface area contributed by atoms with Gasteiger partial charge in [0.25, 0.3) is 5.56 Å². The third kappa shape index (κ3) is 3.73. The molecule has 0 atom stereocenters. The molecule has 0 fully saturated rings. The number of benzene rings is 2. The molecule has 2 aromatic carbocycles. The van der Waals surface area contributed by atoms with E-state index >= 15 is 0 Å². The van der Waals surface area contributed by atoms with Crippen molar-refractivity contribution in [1.82, 2.24) is 9.55 Å². The number of pyridine rings is 2. The first kappa shape index (κ1) is 19.9. The van der Waals surface area contributed by atoms with Gasteiger partial charge in [0.1, 0.15) is 12.2 Å². The van der Waals surface area contributed by atoms with Crippen LogP contribution in [0.4, 0.5) is 0 Å². The molecule has 1 aliphatic rings. The average molecular weight is 422 g/mol. The van der Waals surface area contributed by atoms with E-state index in [1.807, 2.05) is 72.9 Å². The van der Waals surface area contributed by atoms with Gasteiger partial charge in [0.15, 0.2) is 0 Å². The summed E-state index contributed by atoms with van der Waals surface area (Å²) in [5, 5.41) is 0. The first-order valence-electron chi connectivity index (χ1n) is 10.7. The molecular formula is C27H22N2O3. The molecule has 5 rings (SSSR count). The van der Waals surface area contributed by atoms with Gasteiger partial charge < -0.3 is 9.30 Å². The summed E-state index contributed by atoms with van der Waals surface area (Å²) in [4.78, 5) is 30.8. The summed E-state index contributed by atoms with van der Waals surface area (Å²) in [5.74, 6) is -0.609. The molecule has 0 radical (unpaired) electrons. The van der Waals surface area contributed by atoms with Crippen molar-refractivity contribution in [3.8, 4) is 22.4 Å². The second-order valence-corrected chi connectivity index (χ2v) is 7.84. The van der Waals surface area contributed by atoms with Gasteiger partial charge in [-0.1, -0.05) is 60.7 Å². The summed E-state index contributed by atoms with van der Waals surface area (Å²) in [6.45, 7) is 0.650. The van der Waals surface area contributed by atoms with Gasteiger partial charge in [-0.25, -0.2) is 4.79 Å². The van der Waals surface area contributed by atoms with E-state index in [2.05, 4.69) is 4.98 Å². The van der Waals surface area contributed by atoms with Crippen LogP contribution in [0.2, 0.25) is 0 Å². The minimum absolute atomic E-state index is 0.0517. The summed E-state index contributed by atoms with van der Waals surface area (Å²) >= 11 is 0. The molecule has 0 amide bonds. The van der Waals surface area contributed by atoms with Gasteiger partial charge in [-0.2, -0.15) is 0 Å². The van der Waals surface area contributed by atoms with Crippen LogP contribution in [-0.2, 0) is 24.3 Å². The Morgan fingerprint density at radius 2 is 1.72 bits per heavy atom. The van der Waals surface area contributed by atoms with Crippen LogP contribution in [0.1, 0.15) is 27.9 Å². The third-order valence-corrected chi connectivity index (χ3v) is 5.80. The van der Waals surface area contributed by atoms with Crippen molar-refractivity contribution in [3.05, 3.63) is 112 Å². The maximum absolute atomic E-state index is 13.5. The first-order chi connectivity index (χ1) is 15.7. The SMILES string of the molecule is O=C(OCc1ccccc1)c1cc(-c2ccccc2)c2n(c1=O)CCCc1ccncc1-2. The second-order valence-electron chi connectivity index (χ2n) is 7.84. The average Bonchev–Trinajstić information content (AvgIpc) is 3.04. The monoisotopic (exact) mass is 422 g/mol. The molecule has 4 aromatic rings. The Balaban J connectivity index is 1.65. The van der Waals surface area contributed by atoms with Crippen LogP contribution in [0.5, 0.6) is 0 Å². The molecule has 2 aromatic heterocycles. The summed E-state index contributed by atoms with van der Waals surface area (Å²) in [6, 6.07) is 23.0. The van der Waals surface area contributed by atoms with Crippen molar-refractivity contribution in [1.29, 1.82) is 0 Å². The number of esters is 1. The van der Waals surface area contributed by atoms with Crippen molar-refractivity contribution in [2.24, 2.45) is 0 Å². The molecule has 3 heterocycles. The van der Waals surface area contributed by atoms with Crippen molar-refractivity contribution in [2.75, 3.05) is 0 Å². The van der Waals surface area contributed by atoms with E-state index in [4.69, 9.17) is 4.74 Å². The molecular weight excluding hydrogens is 400 g/mol. The number of hydrogen-bond donors (Lipinski definition) is 0. The number of ether oxygens (including phenoxy) is 1. The van der Waals surface area contributed by atoms with Crippen LogP contribution in [0.3, 0.4) is 0 Å². The topological polar surface area (TPSA) is 61.2 Å². The molecule has 0 saturated heterocycles. The second kappa shape index (κ2) is 8.63. The molecule has 5 heteroatoms. The zero-order valence-electron chi connectivity index (χ0n) is 17.5. The highest BCUT2D eigenvalue weighted by Crippen LogP contribution is 2.35. The number of aromatic nitrogens is 2. The van der Waals surface area contributed by atoms with Crippen LogP contribution in [0.25, 0.3) is 22.4 Å². The quantitative estimate of drug-likeness (QED) is 0.440. The Bertz CT molecular complexity index is 1330. The zero-order chi connectivity index (χ0) is 21.9. The van der Waals surface area contributed by atoms with E-state index in [0.717, 1.165) is 46.4 Å². The van der Waals surface area contributed by atoms with Gasteiger partial charge in [-0.05, 0) is 41.7 Å². The van der Waals surface area contributed by atoms with Crippen LogP contribution in [-0.4, -0.2) is 15.5 Å². The number of rotatable bonds is 4. The summed E-state index contributed by atoms with van der Waals surface area (Å²) in [6.07, 6.45) is 5.25. The highest BCUT2D eigenvalue weighted by Gasteiger charge is 2.25. The smallest absolute Gasteiger partial charge is 0.344 e. The van der Waals surface area contributed by atoms with E-state index in [9.17, 15) is 9.59 Å². The molecule has 0 bridgehead atoms. The van der Waals surface area contributed by atoms with Gasteiger partial charge in [-0.15, -0.1) is 0 Å². The molecule has 5 nitrogen and oxygen atoms in total. The van der Waals surface area contributed by atoms with Crippen LogP contribution in [0.15, 0.2) is 90.0 Å². The van der Waals surface area contributed by atoms with Crippen molar-refractivity contribution >= 4 is 5.97 Å². The number of hydrogen-bond acceptors (Lipinski definition) is 4. The normalized spacial score (nSPS) is 12.4. The minimum Gasteiger partial charge on any atom is -0.457 e. The number of nitrogens with zero attached hydrogens (tertiary/aromatic N) is 2. The van der Waals surface area contributed by atoms with Crippen LogP contribution in [0, 0.1) is 0 Å². The van der Waals surface area contributed by atoms with Gasteiger partial charge in [-0.3, -0.25) is 9.78 Å². The standard InChI is InChI=1S/C27H22N2O3/c30-26-23(27(31)32-18-19-8-3-1-4-9-19)16-22(20-10-5-2-6-11-20)25-24-17-28-14-13-21(24)12-7-15-29(25)26/h1-6,8-11,13-14,16-17H,7,12,15,18H2. The largest absolute Gasteiger partial charge is 0.457 e. The van der Waals surface area contributed by atoms with Gasteiger partial charge in [0.2, 0.25) is 0 Å². The molecule has 32 heavy (non-hydrogen) atoms. The lowest BCUT2D eigenvalue weighted by Crippen LogP contribution is -2.29. The fraction of sp³-hybridized carbons (Fsp3) is 0.148. The Kier molecular flexibility index (Phi) is 5.38. The van der Waals surface area contributed by atoms with E-state index in [0.29, 0.717) is 6.54 Å². The van der Waals surface area contributed by atoms with Gasteiger partial charge in [0.05, 0.1) is 5.69 Å². The van der Waals surface area contributed by atoms with E-state index in [1.165, 1.54) is 0 Å². The van der Waals surface area contributed by atoms with Crippen molar-refractivity contribution in [2.45, 2.75) is 26.0 Å². The highest BCUT2D eigenvalue weighted by molar-refractivity contribution is 5.93. The lowest BCUT2D eigenvalue weighted by atomic mass is 9.95. The minimum atomic E-state index is -0.609. The van der Waals surface area contributed by atoms with Crippen molar-refractivity contribution in [3.63, 3.8) is 0 Å². The van der Waals surface area contributed by atoms with E-state index in [-0.39, 0.29) is 17.7 Å². The lowest BCUT2D eigenvalue weighted by molar-refractivity contribution is 0.0470. The maximum Gasteiger partial charge on any atom is 0.344 e. The Labute approximate surface area is 186 Å². The fourth-order valence-electron chi connectivity index (χ4n) is 4.24.